The van der Waals surface area contributed by atoms with Gasteiger partial charge in [-0.15, -0.1) is 0 Å². The molecule has 4 nitrogen and oxygen atoms in total. The van der Waals surface area contributed by atoms with E-state index in [2.05, 4.69) is 4.72 Å². The highest BCUT2D eigenvalue weighted by atomic mass is 32.2. The van der Waals surface area contributed by atoms with Crippen molar-refractivity contribution in [2.24, 2.45) is 0 Å². The molecule has 1 N–H and O–H groups in total. The summed E-state index contributed by atoms with van der Waals surface area (Å²) in [5.74, 6) is 0.880. The van der Waals surface area contributed by atoms with Crippen LogP contribution >= 0.6 is 0 Å². The molecular formula is C18H23NO3S. The highest BCUT2D eigenvalue weighted by molar-refractivity contribution is 7.92. The Kier molecular flexibility index (Phi) is 5.00. The zero-order chi connectivity index (χ0) is 17.2. The van der Waals surface area contributed by atoms with E-state index in [1.54, 1.807) is 38.3 Å². The molecule has 0 radical (unpaired) electrons. The molecule has 5 heteroatoms. The highest BCUT2D eigenvalue weighted by Gasteiger charge is 2.21. The number of methoxy groups -OCH3 is 1. The number of hydrogen-bond acceptors (Lipinski definition) is 3. The molecule has 0 aliphatic carbocycles. The summed E-state index contributed by atoms with van der Waals surface area (Å²) < 4.78 is 33.5. The lowest BCUT2D eigenvalue weighted by atomic mass is 10.0. The Morgan fingerprint density at radius 1 is 1.09 bits per heavy atom. The van der Waals surface area contributed by atoms with Crippen molar-refractivity contribution in [2.75, 3.05) is 11.8 Å². The molecule has 0 aliphatic heterocycles. The maximum absolute atomic E-state index is 12.8. The van der Waals surface area contributed by atoms with Gasteiger partial charge in [0.25, 0.3) is 10.0 Å². The third kappa shape index (κ3) is 3.85. The van der Waals surface area contributed by atoms with E-state index in [4.69, 9.17) is 4.74 Å². The minimum atomic E-state index is -3.65. The van der Waals surface area contributed by atoms with Crippen molar-refractivity contribution in [3.05, 3.63) is 53.1 Å². The van der Waals surface area contributed by atoms with Crippen molar-refractivity contribution in [1.82, 2.24) is 0 Å². The maximum Gasteiger partial charge on any atom is 0.262 e. The van der Waals surface area contributed by atoms with E-state index in [9.17, 15) is 8.42 Å². The SMILES string of the molecule is COc1cc(C)c(S(=O)(=O)Nc2cccc(C)c2)cc1C(C)C. The fraction of sp³-hybridized carbons (Fsp3) is 0.333. The van der Waals surface area contributed by atoms with Gasteiger partial charge in [-0.2, -0.15) is 0 Å². The number of benzene rings is 2. The Hall–Kier alpha value is -2.01. The monoisotopic (exact) mass is 333 g/mol. The Bertz CT molecular complexity index is 811. The van der Waals surface area contributed by atoms with Gasteiger partial charge >= 0.3 is 0 Å². The van der Waals surface area contributed by atoms with E-state index < -0.39 is 10.0 Å². The van der Waals surface area contributed by atoms with Crippen molar-refractivity contribution in [1.29, 1.82) is 0 Å². The quantitative estimate of drug-likeness (QED) is 0.890. The Morgan fingerprint density at radius 3 is 2.35 bits per heavy atom. The first-order valence-corrected chi connectivity index (χ1v) is 9.01. The lowest BCUT2D eigenvalue weighted by Crippen LogP contribution is -2.15. The molecule has 0 atom stereocenters. The first kappa shape index (κ1) is 17.3. The van der Waals surface area contributed by atoms with E-state index in [-0.39, 0.29) is 10.8 Å². The van der Waals surface area contributed by atoms with Gasteiger partial charge in [-0.25, -0.2) is 8.42 Å². The second-order valence-corrected chi connectivity index (χ2v) is 7.64. The zero-order valence-electron chi connectivity index (χ0n) is 14.2. The molecular weight excluding hydrogens is 310 g/mol. The fourth-order valence-corrected chi connectivity index (χ4v) is 3.83. The summed E-state index contributed by atoms with van der Waals surface area (Å²) in [5.41, 5.74) is 3.10. The van der Waals surface area contributed by atoms with Crippen molar-refractivity contribution in [2.45, 2.75) is 38.5 Å². The molecule has 2 aromatic carbocycles. The van der Waals surface area contributed by atoms with Crippen LogP contribution in [0.1, 0.15) is 36.5 Å². The number of hydrogen-bond donors (Lipinski definition) is 1. The van der Waals surface area contributed by atoms with Crippen LogP contribution in [0.3, 0.4) is 0 Å². The second kappa shape index (κ2) is 6.62. The van der Waals surface area contributed by atoms with Crippen molar-refractivity contribution < 1.29 is 13.2 Å². The standard InChI is InChI=1S/C18H23NO3S/c1-12(2)16-11-18(14(4)10-17(16)22-5)23(20,21)19-15-8-6-7-13(3)9-15/h6-12,19H,1-5H3. The second-order valence-electron chi connectivity index (χ2n) is 5.99. The van der Waals surface area contributed by atoms with Crippen LogP contribution < -0.4 is 9.46 Å². The van der Waals surface area contributed by atoms with Crippen molar-refractivity contribution in [3.8, 4) is 5.75 Å². The van der Waals surface area contributed by atoms with Gasteiger partial charge in [0.05, 0.1) is 12.0 Å². The Labute approximate surface area is 138 Å². The average Bonchev–Trinajstić information content (AvgIpc) is 2.45. The fourth-order valence-electron chi connectivity index (χ4n) is 2.51. The van der Waals surface area contributed by atoms with Gasteiger partial charge in [-0.1, -0.05) is 26.0 Å². The lowest BCUT2D eigenvalue weighted by molar-refractivity contribution is 0.406. The summed E-state index contributed by atoms with van der Waals surface area (Å²) in [4.78, 5) is 0.281. The minimum Gasteiger partial charge on any atom is -0.496 e. The summed E-state index contributed by atoms with van der Waals surface area (Å²) in [6.45, 7) is 7.72. The number of nitrogens with one attached hydrogen (secondary N) is 1. The number of aryl methyl sites for hydroxylation is 2. The Balaban J connectivity index is 2.49. The zero-order valence-corrected chi connectivity index (χ0v) is 15.0. The van der Waals surface area contributed by atoms with Gasteiger partial charge < -0.3 is 4.74 Å². The van der Waals surface area contributed by atoms with E-state index >= 15 is 0 Å². The third-order valence-electron chi connectivity index (χ3n) is 3.71. The first-order chi connectivity index (χ1) is 10.7. The van der Waals surface area contributed by atoms with Crippen LogP contribution in [0.25, 0.3) is 0 Å². The molecule has 0 spiro atoms. The van der Waals surface area contributed by atoms with E-state index in [1.165, 1.54) is 0 Å². The minimum absolute atomic E-state index is 0.165. The molecule has 0 heterocycles. The average molecular weight is 333 g/mol. The number of rotatable bonds is 5. The van der Waals surface area contributed by atoms with Gasteiger partial charge in [-0.05, 0) is 60.7 Å². The predicted octanol–water partition coefficient (Wildman–Crippen LogP) is 4.24. The largest absolute Gasteiger partial charge is 0.496 e. The normalized spacial score (nSPS) is 11.6. The van der Waals surface area contributed by atoms with Crippen LogP contribution in [0, 0.1) is 13.8 Å². The van der Waals surface area contributed by atoms with Crippen LogP contribution in [-0.4, -0.2) is 15.5 Å². The summed E-state index contributed by atoms with van der Waals surface area (Å²) in [6, 6.07) is 10.8. The van der Waals surface area contributed by atoms with E-state index in [0.717, 1.165) is 11.1 Å². The van der Waals surface area contributed by atoms with Crippen LogP contribution in [0.2, 0.25) is 0 Å². The van der Waals surface area contributed by atoms with Crippen LogP contribution in [-0.2, 0) is 10.0 Å². The summed E-state index contributed by atoms with van der Waals surface area (Å²) in [6.07, 6.45) is 0. The van der Waals surface area contributed by atoms with Crippen LogP contribution in [0.4, 0.5) is 5.69 Å². The van der Waals surface area contributed by atoms with Gasteiger partial charge in [-0.3, -0.25) is 4.72 Å². The number of sulfonamides is 1. The molecule has 0 saturated carbocycles. The van der Waals surface area contributed by atoms with Gasteiger partial charge in [0.15, 0.2) is 0 Å². The van der Waals surface area contributed by atoms with E-state index in [1.807, 2.05) is 32.9 Å². The molecule has 0 aliphatic rings. The highest BCUT2D eigenvalue weighted by Crippen LogP contribution is 2.32. The van der Waals surface area contributed by atoms with Gasteiger partial charge in [0.1, 0.15) is 5.75 Å². The van der Waals surface area contributed by atoms with Gasteiger partial charge in [0.2, 0.25) is 0 Å². The summed E-state index contributed by atoms with van der Waals surface area (Å²) in [5, 5.41) is 0. The molecule has 23 heavy (non-hydrogen) atoms. The molecule has 0 amide bonds. The van der Waals surface area contributed by atoms with Gasteiger partial charge in [0, 0.05) is 5.69 Å². The number of anilines is 1. The molecule has 2 aromatic rings. The summed E-state index contributed by atoms with van der Waals surface area (Å²) in [7, 11) is -2.05. The smallest absolute Gasteiger partial charge is 0.262 e. The van der Waals surface area contributed by atoms with E-state index in [0.29, 0.717) is 17.0 Å². The molecule has 0 bridgehead atoms. The molecule has 0 saturated heterocycles. The Morgan fingerprint density at radius 2 is 1.78 bits per heavy atom. The molecule has 0 unspecified atom stereocenters. The van der Waals surface area contributed by atoms with Crippen LogP contribution in [0.15, 0.2) is 41.3 Å². The van der Waals surface area contributed by atoms with Crippen molar-refractivity contribution >= 4 is 15.7 Å². The van der Waals surface area contributed by atoms with Crippen molar-refractivity contribution in [3.63, 3.8) is 0 Å². The third-order valence-corrected chi connectivity index (χ3v) is 5.23. The number of ether oxygens (including phenoxy) is 1. The summed E-state index contributed by atoms with van der Waals surface area (Å²) >= 11 is 0. The maximum atomic E-state index is 12.8. The molecule has 0 fully saturated rings. The molecule has 2 rings (SSSR count). The predicted molar refractivity (Wildman–Crippen MR) is 93.8 cm³/mol. The lowest BCUT2D eigenvalue weighted by Gasteiger charge is -2.17. The first-order valence-electron chi connectivity index (χ1n) is 7.52. The van der Waals surface area contributed by atoms with Crippen LogP contribution in [0.5, 0.6) is 5.75 Å². The topological polar surface area (TPSA) is 55.4 Å². The molecule has 124 valence electrons. The molecule has 0 aromatic heterocycles.